The normalized spacial score (nSPS) is 12.7. The molecule has 128 valence electrons. The van der Waals surface area contributed by atoms with E-state index < -0.39 is 34.6 Å². The lowest BCUT2D eigenvalue weighted by atomic mass is 10.1. The number of amides is 1. The van der Waals surface area contributed by atoms with Crippen LogP contribution in [-0.4, -0.2) is 29.0 Å². The van der Waals surface area contributed by atoms with Crippen molar-refractivity contribution in [2.45, 2.75) is 45.9 Å². The van der Waals surface area contributed by atoms with Crippen molar-refractivity contribution in [3.05, 3.63) is 28.3 Å². The largest absolute Gasteiger partial charge is 0.427 e. The molecule has 1 aromatic rings. The minimum Gasteiger partial charge on any atom is -0.427 e. The number of anilines is 1. The van der Waals surface area contributed by atoms with E-state index in [-0.39, 0.29) is 11.6 Å². The van der Waals surface area contributed by atoms with E-state index in [1.807, 2.05) is 20.8 Å². The first kappa shape index (κ1) is 18.6. The van der Waals surface area contributed by atoms with E-state index in [1.165, 1.54) is 6.07 Å². The molecule has 1 unspecified atom stereocenters. The zero-order valence-electron chi connectivity index (χ0n) is 13.2. The maximum atomic E-state index is 12.3. The summed E-state index contributed by atoms with van der Waals surface area (Å²) in [5.74, 6) is -0.870. The van der Waals surface area contributed by atoms with Crippen molar-refractivity contribution in [3.63, 3.8) is 0 Å². The van der Waals surface area contributed by atoms with E-state index in [9.17, 15) is 23.7 Å². The van der Waals surface area contributed by atoms with E-state index in [0.717, 1.165) is 12.1 Å². The van der Waals surface area contributed by atoms with Crippen molar-refractivity contribution >= 4 is 17.3 Å². The minimum atomic E-state index is -3.19. The predicted octanol–water partition coefficient (Wildman–Crippen LogP) is 2.91. The minimum absolute atomic E-state index is 0.253. The second kappa shape index (κ2) is 7.21. The van der Waals surface area contributed by atoms with Gasteiger partial charge in [0.15, 0.2) is 0 Å². The van der Waals surface area contributed by atoms with E-state index in [0.29, 0.717) is 0 Å². The topological polar surface area (TPSA) is 93.5 Å². The summed E-state index contributed by atoms with van der Waals surface area (Å²) in [5.41, 5.74) is -0.752. The van der Waals surface area contributed by atoms with Gasteiger partial charge < -0.3 is 15.4 Å². The summed E-state index contributed by atoms with van der Waals surface area (Å²) in [7, 11) is 0. The fraction of sp³-hybridized carbons (Fsp3) is 0.500. The van der Waals surface area contributed by atoms with Crippen molar-refractivity contribution in [1.29, 1.82) is 0 Å². The number of nitro groups is 1. The average Bonchev–Trinajstić information content (AvgIpc) is 2.35. The number of benzene rings is 1. The highest BCUT2D eigenvalue weighted by atomic mass is 19.3. The molecule has 1 amide bonds. The third-order valence-electron chi connectivity index (χ3n) is 2.65. The number of hydrogen-bond acceptors (Lipinski definition) is 5. The molecule has 23 heavy (non-hydrogen) atoms. The van der Waals surface area contributed by atoms with Crippen LogP contribution in [-0.2, 0) is 4.79 Å². The van der Waals surface area contributed by atoms with Crippen molar-refractivity contribution < 1.29 is 23.2 Å². The fourth-order valence-electron chi connectivity index (χ4n) is 1.74. The summed E-state index contributed by atoms with van der Waals surface area (Å²) < 4.78 is 28.8. The molecule has 0 saturated carbocycles. The molecule has 0 spiro atoms. The monoisotopic (exact) mass is 331 g/mol. The van der Waals surface area contributed by atoms with Crippen molar-refractivity contribution in [1.82, 2.24) is 5.32 Å². The lowest BCUT2D eigenvalue weighted by Gasteiger charge is -2.24. The number of hydrogen-bond donors (Lipinski definition) is 2. The molecule has 0 aliphatic rings. The average molecular weight is 331 g/mol. The zero-order chi connectivity index (χ0) is 17.8. The third-order valence-corrected chi connectivity index (χ3v) is 2.65. The molecule has 9 heteroatoms. The molecule has 0 saturated heterocycles. The Balaban J connectivity index is 2.92. The molecular weight excluding hydrogens is 312 g/mol. The second-order valence-electron chi connectivity index (χ2n) is 5.92. The van der Waals surface area contributed by atoms with Crippen molar-refractivity contribution in [3.8, 4) is 5.75 Å². The summed E-state index contributed by atoms with van der Waals surface area (Å²) in [6, 6.07) is 2.74. The van der Waals surface area contributed by atoms with E-state index >= 15 is 0 Å². The van der Waals surface area contributed by atoms with Crippen LogP contribution in [0.3, 0.4) is 0 Å². The molecular formula is C14H19F2N3O4. The van der Waals surface area contributed by atoms with Gasteiger partial charge in [-0.2, -0.15) is 8.78 Å². The molecule has 1 aromatic carbocycles. The molecule has 0 fully saturated rings. The van der Waals surface area contributed by atoms with Gasteiger partial charge >= 0.3 is 12.3 Å². The number of halogens is 2. The maximum Gasteiger partial charge on any atom is 0.387 e. The molecule has 1 atom stereocenters. The summed E-state index contributed by atoms with van der Waals surface area (Å²) in [5, 5.41) is 16.3. The SMILES string of the molecule is CC(Nc1ccc([N+](=O)[O-])c(OC(F)F)c1)C(=O)NC(C)(C)C. The standard InChI is InChI=1S/C14H19F2N3O4/c1-8(12(20)18-14(2,3)4)17-9-5-6-10(19(21)22)11(7-9)23-13(15)16/h5-8,13,17H,1-4H3,(H,18,20). The maximum absolute atomic E-state index is 12.3. The van der Waals surface area contributed by atoms with E-state index in [4.69, 9.17) is 0 Å². The first-order chi connectivity index (χ1) is 10.5. The molecule has 0 radical (unpaired) electrons. The van der Waals surface area contributed by atoms with E-state index in [1.54, 1.807) is 6.92 Å². The molecule has 0 aliphatic carbocycles. The third kappa shape index (κ3) is 6.05. The number of nitro benzene ring substituents is 1. The molecule has 0 aromatic heterocycles. The Hall–Kier alpha value is -2.45. The summed E-state index contributed by atoms with van der Waals surface area (Å²) >= 11 is 0. The van der Waals surface area contributed by atoms with Crippen LogP contribution < -0.4 is 15.4 Å². The number of carbonyl (C=O) groups is 1. The van der Waals surface area contributed by atoms with Gasteiger partial charge in [-0.25, -0.2) is 0 Å². The van der Waals surface area contributed by atoms with Crippen LogP contribution in [0.5, 0.6) is 5.75 Å². The molecule has 2 N–H and O–H groups in total. The smallest absolute Gasteiger partial charge is 0.387 e. The van der Waals surface area contributed by atoms with Gasteiger partial charge in [-0.3, -0.25) is 14.9 Å². The van der Waals surface area contributed by atoms with Gasteiger partial charge in [-0.1, -0.05) is 0 Å². The van der Waals surface area contributed by atoms with Crippen molar-refractivity contribution in [2.24, 2.45) is 0 Å². The Bertz CT molecular complexity index is 588. The number of nitrogens with zero attached hydrogens (tertiary/aromatic N) is 1. The predicted molar refractivity (Wildman–Crippen MR) is 80.7 cm³/mol. The van der Waals surface area contributed by atoms with Crippen molar-refractivity contribution in [2.75, 3.05) is 5.32 Å². The van der Waals surface area contributed by atoms with Crippen LogP contribution in [0.1, 0.15) is 27.7 Å². The number of carbonyl (C=O) groups excluding carboxylic acids is 1. The quantitative estimate of drug-likeness (QED) is 0.617. The molecule has 0 aliphatic heterocycles. The number of ether oxygens (including phenoxy) is 1. The second-order valence-corrected chi connectivity index (χ2v) is 5.92. The molecule has 7 nitrogen and oxygen atoms in total. The number of alkyl halides is 2. The van der Waals surface area contributed by atoms with Crippen LogP contribution in [0.4, 0.5) is 20.2 Å². The highest BCUT2D eigenvalue weighted by Crippen LogP contribution is 2.31. The van der Waals surface area contributed by atoms with Gasteiger partial charge in [0.05, 0.1) is 4.92 Å². The van der Waals surface area contributed by atoms with Crippen LogP contribution >= 0.6 is 0 Å². The number of rotatable bonds is 6. The van der Waals surface area contributed by atoms with Gasteiger partial charge in [0.2, 0.25) is 11.7 Å². The molecule has 0 bridgehead atoms. The highest BCUT2D eigenvalue weighted by Gasteiger charge is 2.22. The van der Waals surface area contributed by atoms with Gasteiger partial charge in [-0.15, -0.1) is 0 Å². The number of nitrogens with one attached hydrogen (secondary N) is 2. The van der Waals surface area contributed by atoms with Gasteiger partial charge in [0.1, 0.15) is 6.04 Å². The van der Waals surface area contributed by atoms with Crippen LogP contribution in [0.15, 0.2) is 18.2 Å². The van der Waals surface area contributed by atoms with Crippen LogP contribution in [0.2, 0.25) is 0 Å². The molecule has 0 heterocycles. The molecule has 1 rings (SSSR count). The Kier molecular flexibility index (Phi) is 5.83. The lowest BCUT2D eigenvalue weighted by Crippen LogP contribution is -2.47. The van der Waals surface area contributed by atoms with Gasteiger partial charge in [0.25, 0.3) is 0 Å². The first-order valence-corrected chi connectivity index (χ1v) is 6.81. The first-order valence-electron chi connectivity index (χ1n) is 6.81. The summed E-state index contributed by atoms with van der Waals surface area (Å²) in [6.07, 6.45) is 0. The summed E-state index contributed by atoms with van der Waals surface area (Å²) in [6.45, 7) is 3.84. The van der Waals surface area contributed by atoms with Gasteiger partial charge in [-0.05, 0) is 33.8 Å². The fourth-order valence-corrected chi connectivity index (χ4v) is 1.74. The highest BCUT2D eigenvalue weighted by molar-refractivity contribution is 5.84. The Morgan fingerprint density at radius 1 is 1.35 bits per heavy atom. The lowest BCUT2D eigenvalue weighted by molar-refractivity contribution is -0.386. The van der Waals surface area contributed by atoms with Crippen LogP contribution in [0, 0.1) is 10.1 Å². The Labute approximate surface area is 132 Å². The van der Waals surface area contributed by atoms with Gasteiger partial charge in [0, 0.05) is 23.4 Å². The zero-order valence-corrected chi connectivity index (χ0v) is 13.2. The summed E-state index contributed by atoms with van der Waals surface area (Å²) in [4.78, 5) is 21.9. The Morgan fingerprint density at radius 3 is 2.43 bits per heavy atom. The van der Waals surface area contributed by atoms with E-state index in [2.05, 4.69) is 15.4 Å². The Morgan fingerprint density at radius 2 is 1.96 bits per heavy atom. The van der Waals surface area contributed by atoms with Crippen LogP contribution in [0.25, 0.3) is 0 Å².